The highest BCUT2D eigenvalue weighted by atomic mass is 19.1. The Bertz CT molecular complexity index is 941. The highest BCUT2D eigenvalue weighted by Crippen LogP contribution is 2.27. The van der Waals surface area contributed by atoms with Crippen molar-refractivity contribution in [2.75, 3.05) is 13.7 Å². The van der Waals surface area contributed by atoms with Crippen molar-refractivity contribution in [2.45, 2.75) is 25.9 Å². The summed E-state index contributed by atoms with van der Waals surface area (Å²) in [5.41, 5.74) is 0.893. The van der Waals surface area contributed by atoms with Gasteiger partial charge in [-0.3, -0.25) is 9.78 Å². The van der Waals surface area contributed by atoms with Crippen LogP contribution in [0.2, 0.25) is 0 Å². The molecule has 27 heavy (non-hydrogen) atoms. The van der Waals surface area contributed by atoms with E-state index in [0.29, 0.717) is 29.5 Å². The highest BCUT2D eigenvalue weighted by molar-refractivity contribution is 6.07. The first-order valence-corrected chi connectivity index (χ1v) is 8.81. The SMILES string of the molecule is COCC(C)(C)N(Cc1ccccc1)C(=O)c1ccc(F)c2ccncc12. The summed E-state index contributed by atoms with van der Waals surface area (Å²) in [5.74, 6) is -0.548. The fourth-order valence-electron chi connectivity index (χ4n) is 3.24. The van der Waals surface area contributed by atoms with Gasteiger partial charge in [0.2, 0.25) is 0 Å². The molecule has 140 valence electrons. The molecule has 1 heterocycles. The zero-order valence-corrected chi connectivity index (χ0v) is 15.8. The minimum atomic E-state index is -0.551. The van der Waals surface area contributed by atoms with Gasteiger partial charge in [0.15, 0.2) is 0 Å². The topological polar surface area (TPSA) is 42.4 Å². The Hall–Kier alpha value is -2.79. The number of carbonyl (C=O) groups is 1. The van der Waals surface area contributed by atoms with Gasteiger partial charge in [-0.05, 0) is 37.6 Å². The third-order valence-electron chi connectivity index (χ3n) is 4.65. The average Bonchev–Trinajstić information content (AvgIpc) is 2.67. The van der Waals surface area contributed by atoms with Crippen molar-refractivity contribution in [1.82, 2.24) is 9.88 Å². The molecule has 0 N–H and O–H groups in total. The van der Waals surface area contributed by atoms with Gasteiger partial charge in [-0.25, -0.2) is 4.39 Å². The molecule has 2 aromatic carbocycles. The predicted octanol–water partition coefficient (Wildman–Crippen LogP) is 4.44. The van der Waals surface area contributed by atoms with Crippen LogP contribution < -0.4 is 0 Å². The van der Waals surface area contributed by atoms with Crippen LogP contribution in [-0.2, 0) is 11.3 Å². The summed E-state index contributed by atoms with van der Waals surface area (Å²) in [5, 5.41) is 0.897. The summed E-state index contributed by atoms with van der Waals surface area (Å²) >= 11 is 0. The molecular weight excluding hydrogens is 343 g/mol. The monoisotopic (exact) mass is 366 g/mol. The van der Waals surface area contributed by atoms with Gasteiger partial charge in [0, 0.05) is 42.4 Å². The molecule has 3 aromatic rings. The lowest BCUT2D eigenvalue weighted by atomic mass is 9.98. The standard InChI is InChI=1S/C22H23FN2O2/c1-22(2,15-27-3)25(14-16-7-5-4-6-8-16)21(26)18-9-10-20(23)17-11-12-24-13-19(17)18/h4-13H,14-15H2,1-3H3. The highest BCUT2D eigenvalue weighted by Gasteiger charge is 2.32. The van der Waals surface area contributed by atoms with E-state index in [1.54, 1.807) is 18.1 Å². The second-order valence-corrected chi connectivity index (χ2v) is 7.14. The number of carbonyl (C=O) groups excluding carboxylic acids is 1. The van der Waals surface area contributed by atoms with E-state index in [0.717, 1.165) is 5.56 Å². The first-order chi connectivity index (χ1) is 12.9. The predicted molar refractivity (Wildman–Crippen MR) is 104 cm³/mol. The zero-order valence-electron chi connectivity index (χ0n) is 15.8. The third kappa shape index (κ3) is 3.98. The molecule has 0 unspecified atom stereocenters. The molecule has 0 aliphatic heterocycles. The number of amides is 1. The lowest BCUT2D eigenvalue weighted by molar-refractivity contribution is 0.0232. The molecule has 0 aliphatic rings. The van der Waals surface area contributed by atoms with Crippen LogP contribution in [0.4, 0.5) is 4.39 Å². The lowest BCUT2D eigenvalue weighted by Crippen LogP contribution is -2.50. The van der Waals surface area contributed by atoms with E-state index < -0.39 is 5.54 Å². The van der Waals surface area contributed by atoms with Crippen LogP contribution in [0.1, 0.15) is 29.8 Å². The van der Waals surface area contributed by atoms with E-state index in [1.165, 1.54) is 24.5 Å². The quantitative estimate of drug-likeness (QED) is 0.648. The van der Waals surface area contributed by atoms with E-state index in [9.17, 15) is 9.18 Å². The van der Waals surface area contributed by atoms with E-state index in [2.05, 4.69) is 4.98 Å². The van der Waals surface area contributed by atoms with Crippen LogP contribution in [0, 0.1) is 5.82 Å². The Labute approximate surface area is 158 Å². The van der Waals surface area contributed by atoms with Crippen molar-refractivity contribution in [1.29, 1.82) is 0 Å². The largest absolute Gasteiger partial charge is 0.382 e. The molecule has 0 spiro atoms. The normalized spacial score (nSPS) is 11.6. The molecule has 0 fully saturated rings. The zero-order chi connectivity index (χ0) is 19.4. The summed E-state index contributed by atoms with van der Waals surface area (Å²) < 4.78 is 19.5. The van der Waals surface area contributed by atoms with Crippen LogP contribution in [-0.4, -0.2) is 35.0 Å². The first kappa shape index (κ1) is 19.0. The van der Waals surface area contributed by atoms with Gasteiger partial charge in [0.25, 0.3) is 5.91 Å². The maximum Gasteiger partial charge on any atom is 0.255 e. The smallest absolute Gasteiger partial charge is 0.255 e. The molecule has 0 saturated carbocycles. The Morgan fingerprint density at radius 3 is 2.56 bits per heavy atom. The minimum absolute atomic E-state index is 0.182. The number of hydrogen-bond donors (Lipinski definition) is 0. The van der Waals surface area contributed by atoms with E-state index in [4.69, 9.17) is 4.74 Å². The lowest BCUT2D eigenvalue weighted by Gasteiger charge is -2.38. The minimum Gasteiger partial charge on any atom is -0.382 e. The van der Waals surface area contributed by atoms with Gasteiger partial charge in [-0.1, -0.05) is 30.3 Å². The van der Waals surface area contributed by atoms with Crippen molar-refractivity contribution in [3.8, 4) is 0 Å². The first-order valence-electron chi connectivity index (χ1n) is 8.81. The van der Waals surface area contributed by atoms with Gasteiger partial charge in [0.05, 0.1) is 12.1 Å². The Morgan fingerprint density at radius 2 is 1.85 bits per heavy atom. The number of benzene rings is 2. The number of rotatable bonds is 6. The van der Waals surface area contributed by atoms with Crippen molar-refractivity contribution in [3.05, 3.63) is 77.9 Å². The van der Waals surface area contributed by atoms with Crippen molar-refractivity contribution in [2.24, 2.45) is 0 Å². The van der Waals surface area contributed by atoms with Crippen LogP contribution in [0.15, 0.2) is 60.9 Å². The molecule has 0 aliphatic carbocycles. The molecule has 0 atom stereocenters. The summed E-state index contributed by atoms with van der Waals surface area (Å²) in [6, 6.07) is 14.2. The molecule has 0 bridgehead atoms. The van der Waals surface area contributed by atoms with Crippen molar-refractivity contribution < 1.29 is 13.9 Å². The van der Waals surface area contributed by atoms with Crippen LogP contribution in [0.25, 0.3) is 10.8 Å². The second kappa shape index (κ2) is 7.84. The van der Waals surface area contributed by atoms with Crippen molar-refractivity contribution >= 4 is 16.7 Å². The van der Waals surface area contributed by atoms with E-state index >= 15 is 0 Å². The van der Waals surface area contributed by atoms with Crippen LogP contribution in [0.5, 0.6) is 0 Å². The summed E-state index contributed by atoms with van der Waals surface area (Å²) in [6.07, 6.45) is 3.06. The molecule has 1 aromatic heterocycles. The van der Waals surface area contributed by atoms with Gasteiger partial charge in [-0.2, -0.15) is 0 Å². The van der Waals surface area contributed by atoms with Crippen molar-refractivity contribution in [3.63, 3.8) is 0 Å². The maximum absolute atomic E-state index is 14.2. The Balaban J connectivity index is 2.07. The second-order valence-electron chi connectivity index (χ2n) is 7.14. The van der Waals surface area contributed by atoms with Gasteiger partial charge < -0.3 is 9.64 Å². The molecular formula is C22H23FN2O2. The van der Waals surface area contributed by atoms with E-state index in [1.807, 2.05) is 44.2 Å². The molecule has 3 rings (SSSR count). The molecule has 1 amide bonds. The van der Waals surface area contributed by atoms with E-state index in [-0.39, 0.29) is 11.7 Å². The third-order valence-corrected chi connectivity index (χ3v) is 4.65. The van der Waals surface area contributed by atoms with Crippen LogP contribution >= 0.6 is 0 Å². The fraction of sp³-hybridized carbons (Fsp3) is 0.273. The fourth-order valence-corrected chi connectivity index (χ4v) is 3.24. The number of aromatic nitrogens is 1. The number of methoxy groups -OCH3 is 1. The number of pyridine rings is 1. The average molecular weight is 366 g/mol. The number of fused-ring (bicyclic) bond motifs is 1. The number of hydrogen-bond acceptors (Lipinski definition) is 3. The molecule has 5 heteroatoms. The van der Waals surface area contributed by atoms with Crippen LogP contribution in [0.3, 0.4) is 0 Å². The van der Waals surface area contributed by atoms with Gasteiger partial charge in [-0.15, -0.1) is 0 Å². The Kier molecular flexibility index (Phi) is 5.51. The maximum atomic E-state index is 14.2. The number of nitrogens with zero attached hydrogens (tertiary/aromatic N) is 2. The number of halogens is 1. The summed E-state index contributed by atoms with van der Waals surface area (Å²) in [7, 11) is 1.62. The molecule has 4 nitrogen and oxygen atoms in total. The molecule has 0 radical (unpaired) electrons. The molecule has 0 saturated heterocycles. The van der Waals surface area contributed by atoms with Gasteiger partial charge in [0.1, 0.15) is 5.82 Å². The Morgan fingerprint density at radius 1 is 1.11 bits per heavy atom. The van der Waals surface area contributed by atoms with Gasteiger partial charge >= 0.3 is 0 Å². The summed E-state index contributed by atoms with van der Waals surface area (Å²) in [4.78, 5) is 19.4. The summed E-state index contributed by atoms with van der Waals surface area (Å²) in [6.45, 7) is 4.72. The number of ether oxygens (including phenoxy) is 1.